The number of hydrogen-bond acceptors (Lipinski definition) is 8. The van der Waals surface area contributed by atoms with Crippen LogP contribution in [0.3, 0.4) is 0 Å². The van der Waals surface area contributed by atoms with Crippen LogP contribution in [0.1, 0.15) is 361 Å². The molecule has 1 amide bonds. The maximum atomic E-state index is 13.1. The van der Waals surface area contributed by atoms with Crippen molar-refractivity contribution in [3.05, 3.63) is 72.9 Å². The zero-order valence-electron chi connectivity index (χ0n) is 57.0. The lowest BCUT2D eigenvalue weighted by Gasteiger charge is -2.40. The van der Waals surface area contributed by atoms with E-state index in [9.17, 15) is 30.3 Å². The minimum absolute atomic E-state index is 0.185. The van der Waals surface area contributed by atoms with E-state index in [4.69, 9.17) is 9.47 Å². The molecule has 1 heterocycles. The number of nitrogens with one attached hydrogen (secondary N) is 1. The smallest absolute Gasteiger partial charge is 0.220 e. The molecule has 0 aromatic rings. The number of aliphatic hydroxyl groups excluding tert-OH is 5. The van der Waals surface area contributed by atoms with Crippen LogP contribution in [0.5, 0.6) is 0 Å². The number of amides is 1. The molecule has 0 bridgehead atoms. The molecule has 0 spiro atoms. The van der Waals surface area contributed by atoms with Gasteiger partial charge in [0, 0.05) is 6.42 Å². The second-order valence-corrected chi connectivity index (χ2v) is 26.1. The largest absolute Gasteiger partial charge is 0.394 e. The third-order valence-corrected chi connectivity index (χ3v) is 17.7. The highest BCUT2D eigenvalue weighted by atomic mass is 16.7. The molecule has 6 N–H and O–H groups in total. The monoisotopic (exact) mass is 1220 g/mol. The molecule has 7 unspecified atom stereocenters. The number of unbranched alkanes of at least 4 members (excludes halogenated alkanes) is 46. The Hall–Kier alpha value is -2.37. The van der Waals surface area contributed by atoms with Crippen molar-refractivity contribution in [2.24, 2.45) is 0 Å². The highest BCUT2D eigenvalue weighted by Crippen LogP contribution is 2.23. The maximum absolute atomic E-state index is 13.1. The first kappa shape index (κ1) is 82.6. The zero-order valence-corrected chi connectivity index (χ0v) is 57.0. The molecule has 0 aromatic heterocycles. The van der Waals surface area contributed by atoms with Gasteiger partial charge in [-0.1, -0.05) is 344 Å². The minimum Gasteiger partial charge on any atom is -0.394 e. The van der Waals surface area contributed by atoms with Crippen LogP contribution >= 0.6 is 0 Å². The van der Waals surface area contributed by atoms with Gasteiger partial charge in [0.25, 0.3) is 0 Å². The number of hydrogen-bond donors (Lipinski definition) is 6. The number of rotatable bonds is 66. The molecule has 0 saturated carbocycles. The fourth-order valence-corrected chi connectivity index (χ4v) is 11.8. The summed E-state index contributed by atoms with van der Waals surface area (Å²) in [6, 6.07) is -0.830. The highest BCUT2D eigenvalue weighted by Gasteiger charge is 2.44. The summed E-state index contributed by atoms with van der Waals surface area (Å²) in [7, 11) is 0. The molecule has 1 aliphatic rings. The van der Waals surface area contributed by atoms with E-state index < -0.39 is 49.5 Å². The fraction of sp³-hybridized carbons (Fsp3) is 0.833. The molecule has 1 aliphatic heterocycles. The second-order valence-electron chi connectivity index (χ2n) is 26.1. The van der Waals surface area contributed by atoms with Gasteiger partial charge < -0.3 is 40.3 Å². The maximum Gasteiger partial charge on any atom is 0.220 e. The molecule has 0 aromatic carbocycles. The molecular formula is C78H143NO8. The van der Waals surface area contributed by atoms with Crippen LogP contribution in [0.2, 0.25) is 0 Å². The van der Waals surface area contributed by atoms with Gasteiger partial charge in [0.1, 0.15) is 24.4 Å². The topological polar surface area (TPSA) is 149 Å². The van der Waals surface area contributed by atoms with Gasteiger partial charge in [-0.15, -0.1) is 0 Å². The van der Waals surface area contributed by atoms with Crippen LogP contribution in [0.4, 0.5) is 0 Å². The molecule has 508 valence electrons. The van der Waals surface area contributed by atoms with Gasteiger partial charge in [0.2, 0.25) is 5.91 Å². The lowest BCUT2D eigenvalue weighted by Crippen LogP contribution is -2.60. The Morgan fingerprint density at radius 1 is 0.391 bits per heavy atom. The summed E-state index contributed by atoms with van der Waals surface area (Å²) in [6.45, 7) is 3.78. The van der Waals surface area contributed by atoms with E-state index >= 15 is 0 Å². The molecule has 1 rings (SSSR count). The number of allylic oxidation sites excluding steroid dienone is 11. The third-order valence-electron chi connectivity index (χ3n) is 17.7. The summed E-state index contributed by atoms with van der Waals surface area (Å²) in [6.07, 6.45) is 87.5. The summed E-state index contributed by atoms with van der Waals surface area (Å²) in [5.41, 5.74) is 0. The molecule has 9 nitrogen and oxygen atoms in total. The summed E-state index contributed by atoms with van der Waals surface area (Å²) < 4.78 is 11.3. The summed E-state index contributed by atoms with van der Waals surface area (Å²) >= 11 is 0. The Morgan fingerprint density at radius 3 is 1.05 bits per heavy atom. The van der Waals surface area contributed by atoms with Crippen molar-refractivity contribution in [3.63, 3.8) is 0 Å². The highest BCUT2D eigenvalue weighted by molar-refractivity contribution is 5.76. The van der Waals surface area contributed by atoms with Crippen molar-refractivity contribution in [3.8, 4) is 0 Å². The van der Waals surface area contributed by atoms with Gasteiger partial charge in [-0.25, -0.2) is 0 Å². The first-order valence-corrected chi connectivity index (χ1v) is 37.7. The van der Waals surface area contributed by atoms with E-state index in [-0.39, 0.29) is 12.5 Å². The lowest BCUT2D eigenvalue weighted by atomic mass is 9.99. The van der Waals surface area contributed by atoms with Gasteiger partial charge in [-0.2, -0.15) is 0 Å². The molecule has 87 heavy (non-hydrogen) atoms. The average molecular weight is 1220 g/mol. The Balaban J connectivity index is 2.07. The molecular weight excluding hydrogens is 1080 g/mol. The molecule has 9 heteroatoms. The quantitative estimate of drug-likeness (QED) is 0.0261. The van der Waals surface area contributed by atoms with Crippen molar-refractivity contribution < 1.29 is 39.8 Å². The number of carbonyl (C=O) groups excluding carboxylic acids is 1. The van der Waals surface area contributed by atoms with Gasteiger partial charge in [-0.05, 0) is 83.5 Å². The second kappa shape index (κ2) is 66.5. The van der Waals surface area contributed by atoms with Crippen LogP contribution in [-0.4, -0.2) is 87.5 Å². The lowest BCUT2D eigenvalue weighted by molar-refractivity contribution is -0.302. The van der Waals surface area contributed by atoms with Crippen LogP contribution in [-0.2, 0) is 14.3 Å². The Kier molecular flexibility index (Phi) is 63.2. The van der Waals surface area contributed by atoms with Crippen LogP contribution in [0, 0.1) is 0 Å². The molecule has 1 fully saturated rings. The number of aliphatic hydroxyl groups is 5. The Bertz CT molecular complexity index is 1610. The van der Waals surface area contributed by atoms with Crippen LogP contribution < -0.4 is 5.32 Å². The third kappa shape index (κ3) is 55.0. The average Bonchev–Trinajstić information content (AvgIpc) is 3.47. The fourth-order valence-electron chi connectivity index (χ4n) is 11.8. The zero-order chi connectivity index (χ0) is 62.8. The summed E-state index contributed by atoms with van der Waals surface area (Å²) in [4.78, 5) is 13.1. The van der Waals surface area contributed by atoms with Gasteiger partial charge in [-0.3, -0.25) is 4.79 Å². The van der Waals surface area contributed by atoms with Gasteiger partial charge >= 0.3 is 0 Å². The normalized spacial score (nSPS) is 18.4. The van der Waals surface area contributed by atoms with Crippen LogP contribution in [0.15, 0.2) is 72.9 Å². The standard InChI is InChI=1S/C78H143NO8/c1-3-5-7-9-11-13-15-17-19-21-23-25-27-28-29-30-31-32-33-34-35-36-37-38-39-40-41-42-43-44-46-48-50-52-54-56-58-60-62-64-66-68-74(82)79-71(70-86-78-77(85)76(84)75(83)73(69-80)87-78)72(81)67-65-63-61-59-57-55-53-51-49-47-45-26-24-22-20-18-16-14-12-10-8-6-4-2/h15,17,21,23,27-28,49,51,57,59,65,67,71-73,75-78,80-81,83-85H,3-14,16,18-20,22,24-26,29-48,50,52-56,58,60-64,66,68-70H2,1-2H3,(H,79,82)/b17-15-,23-21-,28-27-,51-49+,59-57+,67-65+. The summed E-state index contributed by atoms with van der Waals surface area (Å²) in [5, 5.41) is 54.7. The van der Waals surface area contributed by atoms with Gasteiger partial charge in [0.05, 0.1) is 25.4 Å². The predicted octanol–water partition coefficient (Wildman–Crippen LogP) is 21.1. The van der Waals surface area contributed by atoms with Gasteiger partial charge in [0.15, 0.2) is 6.29 Å². The molecule has 7 atom stereocenters. The Labute approximate surface area is 538 Å². The molecule has 1 saturated heterocycles. The van der Waals surface area contributed by atoms with E-state index in [1.807, 2.05) is 6.08 Å². The molecule has 0 aliphatic carbocycles. The van der Waals surface area contributed by atoms with Crippen molar-refractivity contribution in [2.45, 2.75) is 403 Å². The van der Waals surface area contributed by atoms with E-state index in [2.05, 4.69) is 79.9 Å². The number of carbonyl (C=O) groups is 1. The van der Waals surface area contributed by atoms with E-state index in [0.29, 0.717) is 6.42 Å². The van der Waals surface area contributed by atoms with Crippen molar-refractivity contribution in [1.82, 2.24) is 5.32 Å². The molecule has 0 radical (unpaired) electrons. The first-order chi connectivity index (χ1) is 42.8. The number of ether oxygens (including phenoxy) is 2. The van der Waals surface area contributed by atoms with E-state index in [0.717, 1.165) is 57.8 Å². The van der Waals surface area contributed by atoms with E-state index in [1.165, 1.54) is 283 Å². The van der Waals surface area contributed by atoms with E-state index in [1.54, 1.807) is 6.08 Å². The predicted molar refractivity (Wildman–Crippen MR) is 373 cm³/mol. The van der Waals surface area contributed by atoms with Crippen molar-refractivity contribution >= 4 is 5.91 Å². The minimum atomic E-state index is -1.58. The SMILES string of the molecule is CCCCCCC/C=C\C/C=C\C/C=C\CCCCCCCCCCCCCCCCCCCCCCCCCCCCC(=O)NC(COC1OC(CO)C(O)C(O)C1O)C(O)/C=C/CC/C=C/CC/C=C/CCCCCCCCCCCCCCC. The Morgan fingerprint density at radius 2 is 0.690 bits per heavy atom. The summed E-state index contributed by atoms with van der Waals surface area (Å²) in [5.74, 6) is -0.185. The van der Waals surface area contributed by atoms with Crippen molar-refractivity contribution in [2.75, 3.05) is 13.2 Å². The van der Waals surface area contributed by atoms with Crippen LogP contribution in [0.25, 0.3) is 0 Å². The first-order valence-electron chi connectivity index (χ1n) is 37.7. The van der Waals surface area contributed by atoms with Crippen molar-refractivity contribution in [1.29, 1.82) is 0 Å².